The summed E-state index contributed by atoms with van der Waals surface area (Å²) in [5.41, 5.74) is 2.82. The number of carbonyl (C=O) groups excluding carboxylic acids is 3. The second kappa shape index (κ2) is 9.70. The standard InChI is InChI=1S/C28H33ClN2O7/c1-2-3-13-4-6-31(7-5-13)12-15-10-18(32)21-17(23(15)29)9-14-8-16-11-19(33)22(27(30)37)26(36)28(16,38)25(35)20(14)24(21)34/h10,13-14,16,32-33,35,38H,2-9,11-12H2,1H3,(H2,30,37)/t14?,16-,28-/m0/s1. The number of ketones is 2. The molecule has 10 heteroatoms. The maximum absolute atomic E-state index is 13.6. The van der Waals surface area contributed by atoms with Crippen LogP contribution in [-0.4, -0.2) is 61.5 Å². The first kappa shape index (κ1) is 26.7. The van der Waals surface area contributed by atoms with Crippen LogP contribution in [0.3, 0.4) is 0 Å². The van der Waals surface area contributed by atoms with Gasteiger partial charge < -0.3 is 26.2 Å². The van der Waals surface area contributed by atoms with Gasteiger partial charge in [-0.1, -0.05) is 31.4 Å². The van der Waals surface area contributed by atoms with E-state index >= 15 is 0 Å². The van der Waals surface area contributed by atoms with E-state index in [0.29, 0.717) is 22.7 Å². The summed E-state index contributed by atoms with van der Waals surface area (Å²) in [5, 5.41) is 44.0. The van der Waals surface area contributed by atoms with Gasteiger partial charge in [-0.05, 0) is 67.8 Å². The molecule has 0 spiro atoms. The minimum Gasteiger partial charge on any atom is -0.511 e. The van der Waals surface area contributed by atoms with Crippen LogP contribution < -0.4 is 5.73 Å². The van der Waals surface area contributed by atoms with Crippen molar-refractivity contribution < 1.29 is 34.8 Å². The van der Waals surface area contributed by atoms with Gasteiger partial charge in [0.1, 0.15) is 22.8 Å². The van der Waals surface area contributed by atoms with Crippen LogP contribution in [0.4, 0.5) is 0 Å². The van der Waals surface area contributed by atoms with Crippen LogP contribution in [0.2, 0.25) is 5.02 Å². The molecule has 0 aromatic heterocycles. The zero-order valence-corrected chi connectivity index (χ0v) is 22.1. The molecule has 4 aliphatic rings. The van der Waals surface area contributed by atoms with Crippen LogP contribution in [0.25, 0.3) is 0 Å². The molecule has 0 saturated carbocycles. The predicted octanol–water partition coefficient (Wildman–Crippen LogP) is 3.25. The Labute approximate surface area is 225 Å². The maximum Gasteiger partial charge on any atom is 0.255 e. The fourth-order valence-electron chi connectivity index (χ4n) is 6.92. The fraction of sp³-hybridized carbons (Fsp3) is 0.536. The van der Waals surface area contributed by atoms with E-state index in [2.05, 4.69) is 11.8 Å². The highest BCUT2D eigenvalue weighted by Gasteiger charge is 2.59. The Hall–Kier alpha value is -2.88. The molecule has 0 radical (unpaired) electrons. The number of carbonyl (C=O) groups is 3. The molecule has 1 fully saturated rings. The van der Waals surface area contributed by atoms with E-state index in [9.17, 15) is 34.8 Å². The van der Waals surface area contributed by atoms with E-state index in [-0.39, 0.29) is 36.1 Å². The average Bonchev–Trinajstić information content (AvgIpc) is 2.85. The zero-order valence-electron chi connectivity index (χ0n) is 21.3. The van der Waals surface area contributed by atoms with Crippen LogP contribution in [0.15, 0.2) is 28.7 Å². The molecule has 9 nitrogen and oxygen atoms in total. The Morgan fingerprint density at radius 3 is 2.50 bits per heavy atom. The van der Waals surface area contributed by atoms with E-state index in [4.69, 9.17) is 17.3 Å². The number of nitrogens with zero attached hydrogens (tertiary/aromatic N) is 1. The Kier molecular flexibility index (Phi) is 6.82. The summed E-state index contributed by atoms with van der Waals surface area (Å²) in [4.78, 5) is 40.7. The first-order valence-corrected chi connectivity index (χ1v) is 13.6. The summed E-state index contributed by atoms with van der Waals surface area (Å²) >= 11 is 6.82. The molecular weight excluding hydrogens is 512 g/mol. The summed E-state index contributed by atoms with van der Waals surface area (Å²) in [6, 6.07) is 1.48. The van der Waals surface area contributed by atoms with Crippen LogP contribution in [0.1, 0.15) is 66.9 Å². The first-order valence-electron chi connectivity index (χ1n) is 13.2. The highest BCUT2D eigenvalue weighted by molar-refractivity contribution is 6.33. The highest BCUT2D eigenvalue weighted by Crippen LogP contribution is 2.52. The number of phenolic OH excluding ortho intramolecular Hbond substituents is 1. The SMILES string of the molecule is CCCC1CCN(Cc2cc(O)c3c(c2Cl)CC2C[C@H]4CC(O)=C(C(N)=O)C(=O)[C@@]4(O)C(O)=C2C3=O)CC1. The Bertz CT molecular complexity index is 1290. The fourth-order valence-corrected chi connectivity index (χ4v) is 7.21. The smallest absolute Gasteiger partial charge is 0.255 e. The number of hydrogen-bond donors (Lipinski definition) is 5. The van der Waals surface area contributed by atoms with Gasteiger partial charge in [-0.25, -0.2) is 0 Å². The van der Waals surface area contributed by atoms with Crippen molar-refractivity contribution in [2.45, 2.75) is 64.0 Å². The maximum atomic E-state index is 13.6. The van der Waals surface area contributed by atoms with Gasteiger partial charge in [0.15, 0.2) is 11.4 Å². The molecule has 0 bridgehead atoms. The van der Waals surface area contributed by atoms with Crippen molar-refractivity contribution in [2.24, 2.45) is 23.5 Å². The number of amides is 1. The van der Waals surface area contributed by atoms with Gasteiger partial charge in [0.25, 0.3) is 5.91 Å². The van der Waals surface area contributed by atoms with Crippen molar-refractivity contribution in [3.63, 3.8) is 0 Å². The van der Waals surface area contributed by atoms with E-state index < -0.39 is 52.0 Å². The van der Waals surface area contributed by atoms with Crippen LogP contribution >= 0.6 is 11.6 Å². The summed E-state index contributed by atoms with van der Waals surface area (Å²) < 4.78 is 0. The highest BCUT2D eigenvalue weighted by atomic mass is 35.5. The lowest BCUT2D eigenvalue weighted by Gasteiger charge is -2.45. The Morgan fingerprint density at radius 1 is 1.18 bits per heavy atom. The van der Waals surface area contributed by atoms with Crippen molar-refractivity contribution in [3.8, 4) is 5.75 Å². The molecule has 38 heavy (non-hydrogen) atoms. The largest absolute Gasteiger partial charge is 0.511 e. The van der Waals surface area contributed by atoms with Gasteiger partial charge in [0, 0.05) is 29.5 Å². The topological polar surface area (TPSA) is 161 Å². The molecule has 1 unspecified atom stereocenters. The lowest BCUT2D eigenvalue weighted by atomic mass is 9.60. The number of phenols is 1. The number of aliphatic hydroxyl groups is 3. The molecule has 1 aromatic rings. The monoisotopic (exact) mass is 544 g/mol. The number of nitrogens with two attached hydrogens (primary N) is 1. The third-order valence-electron chi connectivity index (χ3n) is 8.87. The van der Waals surface area contributed by atoms with Crippen LogP contribution in [0, 0.1) is 17.8 Å². The van der Waals surface area contributed by atoms with Gasteiger partial charge in [-0.2, -0.15) is 0 Å². The normalized spacial score (nSPS) is 28.3. The van der Waals surface area contributed by atoms with Crippen LogP contribution in [-0.2, 0) is 22.6 Å². The van der Waals surface area contributed by atoms with Crippen molar-refractivity contribution in [3.05, 3.63) is 50.4 Å². The molecule has 1 saturated heterocycles. The minimum absolute atomic E-state index is 0.0583. The number of primary amides is 1. The zero-order chi connectivity index (χ0) is 27.5. The second-order valence-electron chi connectivity index (χ2n) is 11.1. The number of benzene rings is 1. The molecular formula is C28H33ClN2O7. The van der Waals surface area contributed by atoms with Gasteiger partial charge in [0.2, 0.25) is 5.78 Å². The summed E-state index contributed by atoms with van der Waals surface area (Å²) in [6.07, 6.45) is 4.63. The quantitative estimate of drug-likeness (QED) is 0.353. The van der Waals surface area contributed by atoms with Crippen LogP contribution in [0.5, 0.6) is 5.75 Å². The molecule has 6 N–H and O–H groups in total. The van der Waals surface area contributed by atoms with E-state index in [0.717, 1.165) is 31.8 Å². The Balaban J connectivity index is 1.49. The van der Waals surface area contributed by atoms with Crippen molar-refractivity contribution in [1.29, 1.82) is 0 Å². The summed E-state index contributed by atoms with van der Waals surface area (Å²) in [5.74, 6) is -5.72. The number of halogens is 1. The molecule has 1 aromatic carbocycles. The lowest BCUT2D eigenvalue weighted by molar-refractivity contribution is -0.144. The van der Waals surface area contributed by atoms with Gasteiger partial charge in [-0.3, -0.25) is 19.3 Å². The summed E-state index contributed by atoms with van der Waals surface area (Å²) in [6.45, 7) is 4.59. The number of aliphatic hydroxyl groups excluding tert-OH is 2. The van der Waals surface area contributed by atoms with Crippen molar-refractivity contribution in [1.82, 2.24) is 4.90 Å². The molecule has 5 rings (SSSR count). The third-order valence-corrected chi connectivity index (χ3v) is 9.34. The lowest BCUT2D eigenvalue weighted by Crippen LogP contribution is -2.57. The minimum atomic E-state index is -2.57. The van der Waals surface area contributed by atoms with E-state index in [1.54, 1.807) is 0 Å². The van der Waals surface area contributed by atoms with Crippen molar-refractivity contribution in [2.75, 3.05) is 13.1 Å². The molecule has 204 valence electrons. The number of piperidine rings is 1. The number of fused-ring (bicyclic) bond motifs is 3. The Morgan fingerprint density at radius 2 is 1.87 bits per heavy atom. The number of rotatable bonds is 5. The van der Waals surface area contributed by atoms with Gasteiger partial charge >= 0.3 is 0 Å². The molecule has 3 atom stereocenters. The molecule has 1 amide bonds. The summed E-state index contributed by atoms with van der Waals surface area (Å²) in [7, 11) is 0. The number of likely N-dealkylation sites (tertiary alicyclic amines) is 1. The first-order chi connectivity index (χ1) is 18.0. The van der Waals surface area contributed by atoms with Crippen molar-refractivity contribution >= 4 is 29.1 Å². The van der Waals surface area contributed by atoms with E-state index in [1.165, 1.54) is 18.9 Å². The molecule has 1 aliphatic heterocycles. The predicted molar refractivity (Wildman–Crippen MR) is 139 cm³/mol. The van der Waals surface area contributed by atoms with Gasteiger partial charge in [-0.15, -0.1) is 0 Å². The van der Waals surface area contributed by atoms with E-state index in [1.807, 2.05) is 0 Å². The van der Waals surface area contributed by atoms with Gasteiger partial charge in [0.05, 0.1) is 5.56 Å². The average molecular weight is 545 g/mol. The molecule has 3 aliphatic carbocycles. The number of Topliss-reactive ketones (excluding diaryl/α,β-unsaturated/α-hetero) is 2. The molecule has 1 heterocycles. The second-order valence-corrected chi connectivity index (χ2v) is 11.5. The number of hydrogen-bond acceptors (Lipinski definition) is 8. The third kappa shape index (κ3) is 4.03. The number of allylic oxidation sites excluding steroid dienone is 2. The number of aromatic hydroxyl groups is 1.